The number of alkyl halides is 2. The second-order valence-corrected chi connectivity index (χ2v) is 6.26. The molecule has 1 heterocycles. The Hall–Kier alpha value is -1.06. The predicted octanol–water partition coefficient (Wildman–Crippen LogP) is 5.26. The molecule has 0 bridgehead atoms. The standard InChI is InChI=1S/C16H15Cl2F2N/c17-10-4-5-11(13(18)9-10)12-6-7-14(12)21-8-2-1-3-15(21)16(19)20/h1-5,8-9,12,14-16H,6-7H2/t12-,14-,15?/m0/s1. The molecule has 1 unspecified atom stereocenters. The number of halogens is 4. The van der Waals surface area contributed by atoms with Crippen molar-refractivity contribution in [1.82, 2.24) is 4.90 Å². The van der Waals surface area contributed by atoms with E-state index in [1.807, 2.05) is 6.07 Å². The number of hydrogen-bond acceptors (Lipinski definition) is 1. The van der Waals surface area contributed by atoms with E-state index >= 15 is 0 Å². The highest BCUT2D eigenvalue weighted by Gasteiger charge is 2.41. The first-order chi connectivity index (χ1) is 10.1. The lowest BCUT2D eigenvalue weighted by Gasteiger charge is -2.47. The Morgan fingerprint density at radius 1 is 1.14 bits per heavy atom. The summed E-state index contributed by atoms with van der Waals surface area (Å²) >= 11 is 12.2. The van der Waals surface area contributed by atoms with E-state index in [4.69, 9.17) is 23.2 Å². The molecule has 1 saturated carbocycles. The van der Waals surface area contributed by atoms with Gasteiger partial charge in [0.05, 0.1) is 0 Å². The fourth-order valence-electron chi connectivity index (χ4n) is 3.08. The molecule has 0 saturated heterocycles. The summed E-state index contributed by atoms with van der Waals surface area (Å²) in [6.45, 7) is 0. The van der Waals surface area contributed by atoms with Crippen LogP contribution in [-0.4, -0.2) is 23.4 Å². The van der Waals surface area contributed by atoms with Gasteiger partial charge in [-0.1, -0.05) is 41.4 Å². The van der Waals surface area contributed by atoms with E-state index in [0.29, 0.717) is 10.0 Å². The summed E-state index contributed by atoms with van der Waals surface area (Å²) in [5.41, 5.74) is 0.994. The van der Waals surface area contributed by atoms with E-state index < -0.39 is 12.5 Å². The molecule has 1 aliphatic heterocycles. The average molecular weight is 330 g/mol. The molecular weight excluding hydrogens is 315 g/mol. The van der Waals surface area contributed by atoms with Crippen LogP contribution in [0.4, 0.5) is 8.78 Å². The van der Waals surface area contributed by atoms with Crippen LogP contribution in [0, 0.1) is 0 Å². The summed E-state index contributed by atoms with van der Waals surface area (Å²) in [4.78, 5) is 1.77. The molecule has 1 aliphatic carbocycles. The normalized spacial score (nSPS) is 28.0. The molecule has 1 fully saturated rings. The van der Waals surface area contributed by atoms with Crippen LogP contribution in [0.25, 0.3) is 0 Å². The lowest BCUT2D eigenvalue weighted by Crippen LogP contribution is -2.50. The third-order valence-corrected chi connectivity index (χ3v) is 4.83. The largest absolute Gasteiger partial charge is 0.362 e. The minimum atomic E-state index is -2.40. The average Bonchev–Trinajstić information content (AvgIpc) is 2.41. The highest BCUT2D eigenvalue weighted by Crippen LogP contribution is 2.45. The number of rotatable bonds is 3. The van der Waals surface area contributed by atoms with Crippen molar-refractivity contribution in [3.8, 4) is 0 Å². The van der Waals surface area contributed by atoms with Crippen molar-refractivity contribution in [3.63, 3.8) is 0 Å². The van der Waals surface area contributed by atoms with E-state index in [0.717, 1.165) is 18.4 Å². The third-order valence-electron chi connectivity index (χ3n) is 4.26. The molecule has 0 radical (unpaired) electrons. The van der Waals surface area contributed by atoms with Crippen LogP contribution >= 0.6 is 23.2 Å². The van der Waals surface area contributed by atoms with E-state index in [2.05, 4.69) is 0 Å². The Morgan fingerprint density at radius 3 is 2.57 bits per heavy atom. The van der Waals surface area contributed by atoms with Gasteiger partial charge in [0.15, 0.2) is 0 Å². The zero-order valence-electron chi connectivity index (χ0n) is 11.2. The first kappa shape index (κ1) is 14.9. The van der Waals surface area contributed by atoms with E-state index in [1.54, 1.807) is 41.5 Å². The van der Waals surface area contributed by atoms with Gasteiger partial charge in [0, 0.05) is 28.2 Å². The van der Waals surface area contributed by atoms with Gasteiger partial charge in [0.2, 0.25) is 0 Å². The van der Waals surface area contributed by atoms with Crippen LogP contribution in [-0.2, 0) is 0 Å². The van der Waals surface area contributed by atoms with Crippen molar-refractivity contribution in [2.75, 3.05) is 0 Å². The first-order valence-corrected chi connectivity index (χ1v) is 7.69. The Kier molecular flexibility index (Phi) is 4.23. The second-order valence-electron chi connectivity index (χ2n) is 5.42. The molecule has 1 nitrogen and oxygen atoms in total. The summed E-state index contributed by atoms with van der Waals surface area (Å²) in [7, 11) is 0. The number of benzene rings is 1. The Balaban J connectivity index is 1.83. The molecule has 0 amide bonds. The van der Waals surface area contributed by atoms with Gasteiger partial charge < -0.3 is 4.90 Å². The smallest absolute Gasteiger partial charge is 0.262 e. The highest BCUT2D eigenvalue weighted by molar-refractivity contribution is 6.35. The summed E-state index contributed by atoms with van der Waals surface area (Å²) in [6.07, 6.45) is 6.25. The Morgan fingerprint density at radius 2 is 1.95 bits per heavy atom. The number of nitrogens with zero attached hydrogens (tertiary/aromatic N) is 1. The van der Waals surface area contributed by atoms with E-state index in [9.17, 15) is 8.78 Å². The molecule has 3 rings (SSSR count). The maximum absolute atomic E-state index is 13.2. The lowest BCUT2D eigenvalue weighted by atomic mass is 9.73. The monoisotopic (exact) mass is 329 g/mol. The van der Waals surface area contributed by atoms with E-state index in [-0.39, 0.29) is 12.0 Å². The van der Waals surface area contributed by atoms with Crippen LogP contribution in [0.2, 0.25) is 10.0 Å². The summed E-state index contributed by atoms with van der Waals surface area (Å²) in [6, 6.07) is 4.62. The van der Waals surface area contributed by atoms with E-state index in [1.165, 1.54) is 0 Å². The van der Waals surface area contributed by atoms with Crippen molar-refractivity contribution >= 4 is 23.2 Å². The zero-order chi connectivity index (χ0) is 15.0. The van der Waals surface area contributed by atoms with Crippen molar-refractivity contribution in [1.29, 1.82) is 0 Å². The number of hydrogen-bond donors (Lipinski definition) is 0. The van der Waals surface area contributed by atoms with Crippen molar-refractivity contribution in [2.45, 2.75) is 37.3 Å². The molecule has 3 atom stereocenters. The van der Waals surface area contributed by atoms with Gasteiger partial charge in [-0.2, -0.15) is 0 Å². The Labute approximate surface area is 132 Å². The lowest BCUT2D eigenvalue weighted by molar-refractivity contribution is 0.0247. The van der Waals surface area contributed by atoms with Gasteiger partial charge >= 0.3 is 0 Å². The molecule has 0 aromatic heterocycles. The van der Waals surface area contributed by atoms with Crippen molar-refractivity contribution < 1.29 is 8.78 Å². The topological polar surface area (TPSA) is 3.24 Å². The number of allylic oxidation sites excluding steroid dienone is 2. The zero-order valence-corrected chi connectivity index (χ0v) is 12.7. The van der Waals surface area contributed by atoms with Crippen LogP contribution in [0.5, 0.6) is 0 Å². The van der Waals surface area contributed by atoms with Crippen molar-refractivity contribution in [2.24, 2.45) is 0 Å². The fourth-order valence-corrected chi connectivity index (χ4v) is 3.62. The predicted molar refractivity (Wildman–Crippen MR) is 82.1 cm³/mol. The third kappa shape index (κ3) is 2.82. The molecule has 1 aromatic rings. The summed E-state index contributed by atoms with van der Waals surface area (Å²) < 4.78 is 26.4. The van der Waals surface area contributed by atoms with Gasteiger partial charge in [0.25, 0.3) is 6.43 Å². The van der Waals surface area contributed by atoms with Crippen LogP contribution in [0.15, 0.2) is 42.6 Å². The molecule has 0 N–H and O–H groups in total. The van der Waals surface area contributed by atoms with Gasteiger partial charge in [0.1, 0.15) is 6.04 Å². The molecule has 0 spiro atoms. The van der Waals surface area contributed by atoms with Crippen LogP contribution < -0.4 is 0 Å². The molecule has 21 heavy (non-hydrogen) atoms. The molecule has 5 heteroatoms. The summed E-state index contributed by atoms with van der Waals surface area (Å²) in [5.74, 6) is 0.173. The van der Waals surface area contributed by atoms with Crippen molar-refractivity contribution in [3.05, 3.63) is 58.2 Å². The maximum Gasteiger partial charge on any atom is 0.262 e. The highest BCUT2D eigenvalue weighted by atomic mass is 35.5. The second kappa shape index (κ2) is 5.98. The fraction of sp³-hybridized carbons (Fsp3) is 0.375. The quantitative estimate of drug-likeness (QED) is 0.731. The maximum atomic E-state index is 13.2. The minimum absolute atomic E-state index is 0.0591. The van der Waals surface area contributed by atoms with Gasteiger partial charge in [-0.05, 0) is 36.6 Å². The molecule has 2 aliphatic rings. The SMILES string of the molecule is FC(F)C1C=CC=CN1[C@H]1CC[C@H]1c1ccc(Cl)cc1Cl. The minimum Gasteiger partial charge on any atom is -0.362 e. The molecule has 112 valence electrons. The molecule has 1 aromatic carbocycles. The molecular formula is C16H15Cl2F2N. The van der Waals surface area contributed by atoms with Gasteiger partial charge in [-0.25, -0.2) is 8.78 Å². The Bertz CT molecular complexity index is 586. The summed E-state index contributed by atoms with van der Waals surface area (Å²) in [5, 5.41) is 1.20. The first-order valence-electron chi connectivity index (χ1n) is 6.93. The van der Waals surface area contributed by atoms with Gasteiger partial charge in [-0.3, -0.25) is 0 Å². The van der Waals surface area contributed by atoms with Gasteiger partial charge in [-0.15, -0.1) is 0 Å². The van der Waals surface area contributed by atoms with Crippen LogP contribution in [0.1, 0.15) is 24.3 Å². The van der Waals surface area contributed by atoms with Crippen LogP contribution in [0.3, 0.4) is 0 Å².